The average molecular weight is 418 g/mol. The van der Waals surface area contributed by atoms with E-state index in [0.29, 0.717) is 18.8 Å². The van der Waals surface area contributed by atoms with Crippen LogP contribution in [0.3, 0.4) is 0 Å². The first-order valence-corrected chi connectivity index (χ1v) is 10.6. The molecule has 1 aliphatic carbocycles. The van der Waals surface area contributed by atoms with Gasteiger partial charge in [-0.1, -0.05) is 12.5 Å². The Morgan fingerprint density at radius 1 is 1.06 bits per heavy atom. The molecule has 0 spiro atoms. The number of nitrogens with one attached hydrogen (secondary N) is 1. The highest BCUT2D eigenvalue weighted by Gasteiger charge is 2.32. The maximum absolute atomic E-state index is 13.3. The molecule has 5 rings (SSSR count). The van der Waals surface area contributed by atoms with Crippen LogP contribution in [0, 0.1) is 11.7 Å². The molecule has 5 nitrogen and oxygen atoms in total. The van der Waals surface area contributed by atoms with Gasteiger partial charge in [-0.15, -0.1) is 0 Å². The molecular formula is C25H23FN2O3. The number of benzene rings is 2. The summed E-state index contributed by atoms with van der Waals surface area (Å²) in [5.74, 6) is 1.37. The van der Waals surface area contributed by atoms with E-state index in [1.54, 1.807) is 18.2 Å². The highest BCUT2D eigenvalue weighted by atomic mass is 19.1. The zero-order valence-electron chi connectivity index (χ0n) is 17.1. The molecule has 2 amide bonds. The fourth-order valence-corrected chi connectivity index (χ4v) is 4.13. The third-order valence-corrected chi connectivity index (χ3v) is 6.15. The van der Waals surface area contributed by atoms with E-state index in [1.807, 2.05) is 23.1 Å². The van der Waals surface area contributed by atoms with E-state index in [1.165, 1.54) is 18.2 Å². The summed E-state index contributed by atoms with van der Waals surface area (Å²) in [7, 11) is 0. The van der Waals surface area contributed by atoms with Crippen LogP contribution in [0.25, 0.3) is 11.3 Å². The highest BCUT2D eigenvalue weighted by molar-refractivity contribution is 6.04. The minimum Gasteiger partial charge on any atom is -0.461 e. The van der Waals surface area contributed by atoms with Gasteiger partial charge in [-0.05, 0) is 61.4 Å². The van der Waals surface area contributed by atoms with Crippen molar-refractivity contribution in [3.8, 4) is 11.3 Å². The Morgan fingerprint density at radius 2 is 1.87 bits per heavy atom. The first-order chi connectivity index (χ1) is 15.1. The molecule has 0 bridgehead atoms. The quantitative estimate of drug-likeness (QED) is 0.647. The number of halogens is 1. The third kappa shape index (κ3) is 3.98. The summed E-state index contributed by atoms with van der Waals surface area (Å²) in [5.41, 5.74) is 2.85. The monoisotopic (exact) mass is 418 g/mol. The molecule has 1 saturated carbocycles. The van der Waals surface area contributed by atoms with Crippen LogP contribution >= 0.6 is 0 Å². The Kier molecular flexibility index (Phi) is 5.06. The smallest absolute Gasteiger partial charge is 0.255 e. The second-order valence-electron chi connectivity index (χ2n) is 8.24. The molecule has 0 saturated heterocycles. The van der Waals surface area contributed by atoms with Crippen molar-refractivity contribution in [1.29, 1.82) is 0 Å². The predicted octanol–water partition coefficient (Wildman–Crippen LogP) is 5.02. The van der Waals surface area contributed by atoms with Gasteiger partial charge in [0.2, 0.25) is 5.91 Å². The largest absolute Gasteiger partial charge is 0.461 e. The first kappa shape index (κ1) is 19.5. The standard InChI is InChI=1S/C25H23FN2O3/c26-20-6-2-5-18(13-20)24(29)27-21-9-7-16(8-10-21)23-14-19-15-28(12-11-22(19)31-23)25(30)17-3-1-4-17/h2,5-10,13-14,17H,1,3-4,11-12,15H2,(H,27,29). The molecule has 0 radical (unpaired) electrons. The molecule has 31 heavy (non-hydrogen) atoms. The maximum Gasteiger partial charge on any atom is 0.255 e. The summed E-state index contributed by atoms with van der Waals surface area (Å²) < 4.78 is 19.4. The summed E-state index contributed by atoms with van der Waals surface area (Å²) in [6, 6.07) is 14.9. The van der Waals surface area contributed by atoms with Crippen molar-refractivity contribution in [3.05, 3.63) is 77.3 Å². The van der Waals surface area contributed by atoms with Crippen LogP contribution in [0.2, 0.25) is 0 Å². The lowest BCUT2D eigenvalue weighted by atomic mass is 9.84. The number of rotatable bonds is 4. The SMILES string of the molecule is O=C(Nc1ccc(-c2cc3c(o2)CCN(C(=O)C2CCC2)C3)cc1)c1cccc(F)c1. The van der Waals surface area contributed by atoms with Crippen LogP contribution in [-0.2, 0) is 17.8 Å². The molecule has 6 heteroatoms. The Bertz CT molecular complexity index is 1130. The van der Waals surface area contributed by atoms with Gasteiger partial charge in [0.05, 0.1) is 0 Å². The lowest BCUT2D eigenvalue weighted by Crippen LogP contribution is -2.41. The number of amides is 2. The number of carbonyl (C=O) groups excluding carboxylic acids is 2. The van der Waals surface area contributed by atoms with Crippen molar-refractivity contribution in [3.63, 3.8) is 0 Å². The van der Waals surface area contributed by atoms with E-state index in [-0.39, 0.29) is 23.3 Å². The van der Waals surface area contributed by atoms with E-state index in [0.717, 1.165) is 48.3 Å². The molecule has 1 aliphatic heterocycles. The Balaban J connectivity index is 1.27. The summed E-state index contributed by atoms with van der Waals surface area (Å²) in [6.45, 7) is 1.32. The lowest BCUT2D eigenvalue weighted by Gasteiger charge is -2.33. The highest BCUT2D eigenvalue weighted by Crippen LogP contribution is 2.33. The second kappa shape index (κ2) is 8.02. The number of nitrogens with zero attached hydrogens (tertiary/aromatic N) is 1. The van der Waals surface area contributed by atoms with Crippen molar-refractivity contribution < 1.29 is 18.4 Å². The van der Waals surface area contributed by atoms with Gasteiger partial charge in [-0.2, -0.15) is 0 Å². The van der Waals surface area contributed by atoms with Gasteiger partial charge in [-0.3, -0.25) is 9.59 Å². The minimum atomic E-state index is -0.447. The van der Waals surface area contributed by atoms with Crippen molar-refractivity contribution in [2.75, 3.05) is 11.9 Å². The van der Waals surface area contributed by atoms with Gasteiger partial charge in [0.25, 0.3) is 5.91 Å². The van der Waals surface area contributed by atoms with E-state index in [9.17, 15) is 14.0 Å². The van der Waals surface area contributed by atoms with Crippen molar-refractivity contribution in [1.82, 2.24) is 4.90 Å². The number of carbonyl (C=O) groups is 2. The topological polar surface area (TPSA) is 62.6 Å². The number of furan rings is 1. The summed E-state index contributed by atoms with van der Waals surface area (Å²) in [6.07, 6.45) is 3.92. The van der Waals surface area contributed by atoms with E-state index < -0.39 is 5.82 Å². The van der Waals surface area contributed by atoms with E-state index in [2.05, 4.69) is 5.32 Å². The van der Waals surface area contributed by atoms with E-state index >= 15 is 0 Å². The molecule has 0 atom stereocenters. The number of hydrogen-bond acceptors (Lipinski definition) is 3. The van der Waals surface area contributed by atoms with E-state index in [4.69, 9.17) is 4.42 Å². The molecule has 2 aliphatic rings. The second-order valence-corrected chi connectivity index (χ2v) is 8.24. The van der Waals surface area contributed by atoms with Crippen LogP contribution in [-0.4, -0.2) is 23.3 Å². The van der Waals surface area contributed by atoms with Gasteiger partial charge in [0.15, 0.2) is 0 Å². The van der Waals surface area contributed by atoms with Crippen molar-refractivity contribution >= 4 is 17.5 Å². The van der Waals surface area contributed by atoms with Gasteiger partial charge in [-0.25, -0.2) is 4.39 Å². The molecule has 2 heterocycles. The fourth-order valence-electron chi connectivity index (χ4n) is 4.13. The lowest BCUT2D eigenvalue weighted by molar-refractivity contribution is -0.139. The van der Waals surface area contributed by atoms with Crippen LogP contribution in [0.5, 0.6) is 0 Å². The first-order valence-electron chi connectivity index (χ1n) is 10.6. The number of hydrogen-bond donors (Lipinski definition) is 1. The molecule has 2 aromatic carbocycles. The third-order valence-electron chi connectivity index (χ3n) is 6.15. The van der Waals surface area contributed by atoms with Crippen molar-refractivity contribution in [2.24, 2.45) is 5.92 Å². The molecule has 3 aromatic rings. The Labute approximate surface area is 179 Å². The number of anilines is 1. The van der Waals surface area contributed by atoms with Crippen LogP contribution in [0.4, 0.5) is 10.1 Å². The molecule has 1 aromatic heterocycles. The van der Waals surface area contributed by atoms with Crippen molar-refractivity contribution in [2.45, 2.75) is 32.2 Å². The molecule has 1 N–H and O–H groups in total. The Morgan fingerprint density at radius 3 is 2.58 bits per heavy atom. The summed E-state index contributed by atoms with van der Waals surface area (Å²) in [5, 5.41) is 2.77. The van der Waals surface area contributed by atoms with Gasteiger partial charge >= 0.3 is 0 Å². The summed E-state index contributed by atoms with van der Waals surface area (Å²) in [4.78, 5) is 26.8. The van der Waals surface area contributed by atoms with Crippen LogP contribution < -0.4 is 5.32 Å². The molecule has 1 fully saturated rings. The van der Waals surface area contributed by atoms with Gasteiger partial charge in [0.1, 0.15) is 17.3 Å². The Hall–Kier alpha value is -3.41. The zero-order valence-corrected chi connectivity index (χ0v) is 17.1. The molecule has 158 valence electrons. The average Bonchev–Trinajstić information content (AvgIpc) is 3.16. The molecule has 0 unspecified atom stereocenters. The molecular weight excluding hydrogens is 395 g/mol. The zero-order chi connectivity index (χ0) is 21.4. The number of fused-ring (bicyclic) bond motifs is 1. The fraction of sp³-hybridized carbons (Fsp3) is 0.280. The minimum absolute atomic E-state index is 0.211. The van der Waals surface area contributed by atoms with Gasteiger partial charge < -0.3 is 14.6 Å². The van der Waals surface area contributed by atoms with Crippen LogP contribution in [0.1, 0.15) is 40.9 Å². The van der Waals surface area contributed by atoms with Gasteiger partial charge in [0, 0.05) is 47.8 Å². The van der Waals surface area contributed by atoms with Crippen LogP contribution in [0.15, 0.2) is 59.0 Å². The normalized spacial score (nSPS) is 15.8. The predicted molar refractivity (Wildman–Crippen MR) is 115 cm³/mol. The summed E-state index contributed by atoms with van der Waals surface area (Å²) >= 11 is 0. The maximum atomic E-state index is 13.3.